The van der Waals surface area contributed by atoms with E-state index in [1.807, 2.05) is 6.21 Å². The molecular formula is C8H10N2. The van der Waals surface area contributed by atoms with Crippen LogP contribution in [0.1, 0.15) is 18.7 Å². The predicted molar refractivity (Wildman–Crippen MR) is 41.6 cm³/mol. The third-order valence-electron chi connectivity index (χ3n) is 1.88. The fraction of sp³-hybridized carbons (Fsp3) is 0.375. The molecule has 52 valence electrons. The molecule has 1 aromatic rings. The van der Waals surface area contributed by atoms with Gasteiger partial charge in [-0.25, -0.2) is 0 Å². The first kappa shape index (κ1) is 5.71. The van der Waals surface area contributed by atoms with Gasteiger partial charge in [-0.15, -0.1) is 0 Å². The quantitative estimate of drug-likeness (QED) is 0.511. The van der Waals surface area contributed by atoms with E-state index in [-0.39, 0.29) is 0 Å². The summed E-state index contributed by atoms with van der Waals surface area (Å²) in [6.45, 7) is 3.10. The first-order chi connectivity index (χ1) is 4.88. The van der Waals surface area contributed by atoms with Gasteiger partial charge < -0.3 is 4.57 Å². The lowest BCUT2D eigenvalue weighted by Gasteiger charge is -2.16. The number of hydrogen-bond donors (Lipinski definition) is 0. The molecule has 0 radical (unpaired) electrons. The smallest absolute Gasteiger partial charge is 0.0595 e. The SMILES string of the molecule is CC1CN=Cc2cccn21. The summed E-state index contributed by atoms with van der Waals surface area (Å²) in [6.07, 6.45) is 4.03. The maximum Gasteiger partial charge on any atom is 0.0595 e. The molecule has 10 heavy (non-hydrogen) atoms. The van der Waals surface area contributed by atoms with Crippen molar-refractivity contribution in [3.05, 3.63) is 24.0 Å². The molecule has 0 saturated carbocycles. The van der Waals surface area contributed by atoms with Crippen molar-refractivity contribution in [3.8, 4) is 0 Å². The van der Waals surface area contributed by atoms with Gasteiger partial charge in [0.05, 0.1) is 18.3 Å². The molecule has 2 heteroatoms. The molecule has 1 aliphatic rings. The standard InChI is InChI=1S/C8H10N2/c1-7-5-9-6-8-3-2-4-10(7)8/h2-4,6-7H,5H2,1H3. The average molecular weight is 134 g/mol. The summed E-state index contributed by atoms with van der Waals surface area (Å²) in [7, 11) is 0. The third-order valence-corrected chi connectivity index (χ3v) is 1.88. The van der Waals surface area contributed by atoms with Crippen LogP contribution in [-0.2, 0) is 0 Å². The lowest BCUT2D eigenvalue weighted by Crippen LogP contribution is -2.14. The molecule has 2 nitrogen and oxygen atoms in total. The summed E-state index contributed by atoms with van der Waals surface area (Å²) in [6, 6.07) is 4.68. The van der Waals surface area contributed by atoms with Gasteiger partial charge in [-0.05, 0) is 19.1 Å². The maximum absolute atomic E-state index is 4.23. The number of fused-ring (bicyclic) bond motifs is 1. The van der Waals surface area contributed by atoms with E-state index in [1.54, 1.807) is 0 Å². The Labute approximate surface area is 60.2 Å². The van der Waals surface area contributed by atoms with Crippen LogP contribution >= 0.6 is 0 Å². The highest BCUT2D eigenvalue weighted by atomic mass is 15.1. The Morgan fingerprint density at radius 1 is 1.70 bits per heavy atom. The van der Waals surface area contributed by atoms with Gasteiger partial charge in [-0.1, -0.05) is 0 Å². The van der Waals surface area contributed by atoms with Crippen LogP contribution in [0.25, 0.3) is 0 Å². The van der Waals surface area contributed by atoms with Crippen LogP contribution in [0.2, 0.25) is 0 Å². The minimum absolute atomic E-state index is 0.537. The molecular weight excluding hydrogens is 124 g/mol. The fourth-order valence-electron chi connectivity index (χ4n) is 1.30. The van der Waals surface area contributed by atoms with E-state index in [4.69, 9.17) is 0 Å². The Bertz CT molecular complexity index is 260. The molecule has 2 rings (SSSR count). The van der Waals surface area contributed by atoms with Gasteiger partial charge in [-0.3, -0.25) is 4.99 Å². The summed E-state index contributed by atoms with van der Waals surface area (Å²) >= 11 is 0. The van der Waals surface area contributed by atoms with E-state index in [0.29, 0.717) is 6.04 Å². The van der Waals surface area contributed by atoms with E-state index in [2.05, 4.69) is 34.8 Å². The van der Waals surface area contributed by atoms with Gasteiger partial charge in [0.15, 0.2) is 0 Å². The summed E-state index contributed by atoms with van der Waals surface area (Å²) in [5.41, 5.74) is 1.22. The second-order valence-corrected chi connectivity index (χ2v) is 2.68. The van der Waals surface area contributed by atoms with Crippen molar-refractivity contribution >= 4 is 6.21 Å². The van der Waals surface area contributed by atoms with E-state index < -0.39 is 0 Å². The number of aliphatic imine (C=N–C) groups is 1. The van der Waals surface area contributed by atoms with Gasteiger partial charge >= 0.3 is 0 Å². The lowest BCUT2D eigenvalue weighted by atomic mass is 10.3. The van der Waals surface area contributed by atoms with Crippen molar-refractivity contribution in [2.24, 2.45) is 4.99 Å². The molecule has 2 heterocycles. The second-order valence-electron chi connectivity index (χ2n) is 2.68. The van der Waals surface area contributed by atoms with Crippen molar-refractivity contribution < 1.29 is 0 Å². The highest BCUT2D eigenvalue weighted by Gasteiger charge is 2.09. The summed E-state index contributed by atoms with van der Waals surface area (Å²) < 4.78 is 2.24. The number of nitrogens with zero attached hydrogens (tertiary/aromatic N) is 2. The minimum atomic E-state index is 0.537. The van der Waals surface area contributed by atoms with Gasteiger partial charge in [-0.2, -0.15) is 0 Å². The summed E-state index contributed by atoms with van der Waals surface area (Å²) in [5, 5.41) is 0. The summed E-state index contributed by atoms with van der Waals surface area (Å²) in [4.78, 5) is 4.23. The molecule has 1 aliphatic heterocycles. The van der Waals surface area contributed by atoms with Gasteiger partial charge in [0.2, 0.25) is 0 Å². The van der Waals surface area contributed by atoms with Crippen LogP contribution in [0.5, 0.6) is 0 Å². The Morgan fingerprint density at radius 3 is 3.40 bits per heavy atom. The third kappa shape index (κ3) is 0.685. The first-order valence-electron chi connectivity index (χ1n) is 3.54. The zero-order valence-electron chi connectivity index (χ0n) is 5.99. The highest BCUT2D eigenvalue weighted by Crippen LogP contribution is 2.13. The minimum Gasteiger partial charge on any atom is -0.342 e. The van der Waals surface area contributed by atoms with Crippen LogP contribution in [0, 0.1) is 0 Å². The average Bonchev–Trinajstić information content (AvgIpc) is 2.36. The Kier molecular flexibility index (Phi) is 1.13. The predicted octanol–water partition coefficient (Wildman–Crippen LogP) is 1.48. The molecule has 0 saturated heterocycles. The molecule has 0 fully saturated rings. The topological polar surface area (TPSA) is 17.3 Å². The monoisotopic (exact) mass is 134 g/mol. The fourth-order valence-corrected chi connectivity index (χ4v) is 1.30. The van der Waals surface area contributed by atoms with Crippen LogP contribution in [0.3, 0.4) is 0 Å². The molecule has 0 N–H and O–H groups in total. The zero-order valence-corrected chi connectivity index (χ0v) is 5.99. The maximum atomic E-state index is 4.23. The van der Waals surface area contributed by atoms with Gasteiger partial charge in [0.1, 0.15) is 0 Å². The number of aromatic nitrogens is 1. The first-order valence-corrected chi connectivity index (χ1v) is 3.54. The molecule has 1 atom stereocenters. The molecule has 1 aromatic heterocycles. The van der Waals surface area contributed by atoms with Crippen molar-refractivity contribution in [1.82, 2.24) is 4.57 Å². The Balaban J connectivity index is 2.52. The summed E-state index contributed by atoms with van der Waals surface area (Å²) in [5.74, 6) is 0. The van der Waals surface area contributed by atoms with E-state index in [1.165, 1.54) is 5.69 Å². The second kappa shape index (κ2) is 1.97. The van der Waals surface area contributed by atoms with Crippen molar-refractivity contribution in [2.75, 3.05) is 6.54 Å². The molecule has 1 unspecified atom stereocenters. The van der Waals surface area contributed by atoms with E-state index in [0.717, 1.165) is 6.54 Å². The van der Waals surface area contributed by atoms with E-state index >= 15 is 0 Å². The largest absolute Gasteiger partial charge is 0.342 e. The molecule has 0 aliphatic carbocycles. The highest BCUT2D eigenvalue weighted by molar-refractivity contribution is 5.78. The van der Waals surface area contributed by atoms with Gasteiger partial charge in [0.25, 0.3) is 0 Å². The number of hydrogen-bond acceptors (Lipinski definition) is 1. The normalized spacial score (nSPS) is 22.7. The molecule has 0 amide bonds. The lowest BCUT2D eigenvalue weighted by molar-refractivity contribution is 0.549. The number of rotatable bonds is 0. The zero-order chi connectivity index (χ0) is 6.97. The van der Waals surface area contributed by atoms with Crippen molar-refractivity contribution in [3.63, 3.8) is 0 Å². The molecule has 0 spiro atoms. The van der Waals surface area contributed by atoms with Crippen LogP contribution < -0.4 is 0 Å². The van der Waals surface area contributed by atoms with Gasteiger partial charge in [0, 0.05) is 12.4 Å². The molecule has 0 aromatic carbocycles. The Morgan fingerprint density at radius 2 is 2.60 bits per heavy atom. The Hall–Kier alpha value is -1.05. The van der Waals surface area contributed by atoms with Crippen LogP contribution in [-0.4, -0.2) is 17.3 Å². The molecule has 0 bridgehead atoms. The van der Waals surface area contributed by atoms with Crippen LogP contribution in [0.4, 0.5) is 0 Å². The van der Waals surface area contributed by atoms with E-state index in [9.17, 15) is 0 Å². The van der Waals surface area contributed by atoms with Crippen molar-refractivity contribution in [1.29, 1.82) is 0 Å². The van der Waals surface area contributed by atoms with Crippen LogP contribution in [0.15, 0.2) is 23.3 Å². The van der Waals surface area contributed by atoms with Crippen molar-refractivity contribution in [2.45, 2.75) is 13.0 Å².